The van der Waals surface area contributed by atoms with Crippen LogP contribution in [0.5, 0.6) is 0 Å². The predicted molar refractivity (Wildman–Crippen MR) is 68.1 cm³/mol. The highest BCUT2D eigenvalue weighted by molar-refractivity contribution is 5.48. The zero-order valence-corrected chi connectivity index (χ0v) is 11.0. The van der Waals surface area contributed by atoms with Crippen LogP contribution in [-0.4, -0.2) is 36.7 Å². The van der Waals surface area contributed by atoms with Crippen molar-refractivity contribution in [2.75, 3.05) is 32.7 Å². The molecule has 0 aliphatic rings. The first-order valence-electron chi connectivity index (χ1n) is 6.15. The van der Waals surface area contributed by atoms with E-state index in [9.17, 15) is 0 Å². The summed E-state index contributed by atoms with van der Waals surface area (Å²) in [4.78, 5) is 0. The maximum Gasteiger partial charge on any atom is 0.0854 e. The van der Waals surface area contributed by atoms with Gasteiger partial charge in [-0.1, -0.05) is 13.8 Å². The van der Waals surface area contributed by atoms with Crippen LogP contribution in [0.4, 0.5) is 5.69 Å². The summed E-state index contributed by atoms with van der Waals surface area (Å²) in [5, 5.41) is 4.50. The first-order chi connectivity index (χ1) is 8.24. The van der Waals surface area contributed by atoms with E-state index < -0.39 is 0 Å². The van der Waals surface area contributed by atoms with Crippen LogP contribution in [0.25, 0.3) is 0 Å². The summed E-state index contributed by atoms with van der Waals surface area (Å²) in [6, 6.07) is 0. The second-order valence-electron chi connectivity index (χ2n) is 3.84. The largest absolute Gasteiger partial charge is 0.396 e. The molecule has 0 aliphatic carbocycles. The number of nitrogen functional groups attached to an aromatic ring is 1. The molecule has 0 fully saturated rings. The molecule has 0 aliphatic heterocycles. The van der Waals surface area contributed by atoms with E-state index in [-0.39, 0.29) is 0 Å². The molecule has 0 radical (unpaired) electrons. The van der Waals surface area contributed by atoms with Crippen molar-refractivity contribution >= 4 is 5.69 Å². The van der Waals surface area contributed by atoms with Gasteiger partial charge >= 0.3 is 0 Å². The van der Waals surface area contributed by atoms with Crippen molar-refractivity contribution in [3.63, 3.8) is 0 Å². The summed E-state index contributed by atoms with van der Waals surface area (Å²) in [5.74, 6) is 0. The Hall–Kier alpha value is -1.07. The normalized spacial score (nSPS) is 11.0. The Morgan fingerprint density at radius 3 is 2.53 bits per heavy atom. The van der Waals surface area contributed by atoms with Gasteiger partial charge in [-0.3, -0.25) is 4.68 Å². The van der Waals surface area contributed by atoms with Gasteiger partial charge in [0.2, 0.25) is 0 Å². The third kappa shape index (κ3) is 3.71. The van der Waals surface area contributed by atoms with Gasteiger partial charge in [0.1, 0.15) is 0 Å². The van der Waals surface area contributed by atoms with E-state index in [1.54, 1.807) is 7.11 Å². The first kappa shape index (κ1) is 14.0. The van der Waals surface area contributed by atoms with Gasteiger partial charge in [-0.25, -0.2) is 0 Å². The second-order valence-corrected chi connectivity index (χ2v) is 3.84. The molecule has 1 heterocycles. The van der Waals surface area contributed by atoms with Crippen LogP contribution < -0.4 is 5.73 Å². The van der Waals surface area contributed by atoms with Crippen LogP contribution in [0.1, 0.15) is 25.2 Å². The van der Waals surface area contributed by atoms with Crippen molar-refractivity contribution in [3.8, 4) is 0 Å². The Balaban J connectivity index is 2.52. The van der Waals surface area contributed by atoms with Gasteiger partial charge in [0.05, 0.1) is 43.4 Å². The molecule has 5 nitrogen and oxygen atoms in total. The smallest absolute Gasteiger partial charge is 0.0854 e. The van der Waals surface area contributed by atoms with Gasteiger partial charge in [0.15, 0.2) is 0 Å². The van der Waals surface area contributed by atoms with Crippen LogP contribution >= 0.6 is 0 Å². The molecule has 0 bridgehead atoms. The van der Waals surface area contributed by atoms with E-state index in [1.807, 2.05) is 4.68 Å². The highest BCUT2D eigenvalue weighted by atomic mass is 16.5. The molecular weight excluding hydrogens is 218 g/mol. The number of hydrogen-bond donors (Lipinski definition) is 1. The van der Waals surface area contributed by atoms with Crippen molar-refractivity contribution in [1.82, 2.24) is 9.78 Å². The molecule has 98 valence electrons. The topological polar surface area (TPSA) is 62.3 Å². The number of methoxy groups -OCH3 is 1. The Bertz CT molecular complexity index is 337. The molecule has 0 unspecified atom stereocenters. The molecule has 0 aromatic carbocycles. The standard InChI is InChI=1S/C12H23N3O2/c1-4-10-12(13)11(5-2)15(14-10)6-7-17-9-8-16-3/h4-9,13H2,1-3H3. The third-order valence-electron chi connectivity index (χ3n) is 2.72. The van der Waals surface area contributed by atoms with E-state index in [0.717, 1.165) is 36.5 Å². The van der Waals surface area contributed by atoms with Crippen molar-refractivity contribution in [3.05, 3.63) is 11.4 Å². The van der Waals surface area contributed by atoms with Crippen LogP contribution in [0.3, 0.4) is 0 Å². The molecule has 1 aromatic rings. The SMILES string of the molecule is CCc1nn(CCOCCOC)c(CC)c1N. The summed E-state index contributed by atoms with van der Waals surface area (Å²) in [6.07, 6.45) is 1.77. The molecule has 2 N–H and O–H groups in total. The number of aryl methyl sites for hydroxylation is 1. The molecule has 0 atom stereocenters. The molecule has 0 saturated carbocycles. The average molecular weight is 241 g/mol. The lowest BCUT2D eigenvalue weighted by Crippen LogP contribution is -2.12. The molecule has 0 amide bonds. The van der Waals surface area contributed by atoms with Crippen molar-refractivity contribution in [2.24, 2.45) is 0 Å². The average Bonchev–Trinajstić information content (AvgIpc) is 2.65. The Kier molecular flexibility index (Phi) is 6.00. The van der Waals surface area contributed by atoms with Crippen molar-refractivity contribution in [1.29, 1.82) is 0 Å². The van der Waals surface area contributed by atoms with Gasteiger partial charge in [-0.15, -0.1) is 0 Å². The number of aromatic nitrogens is 2. The molecule has 1 rings (SSSR count). The van der Waals surface area contributed by atoms with E-state index >= 15 is 0 Å². The van der Waals surface area contributed by atoms with Crippen LogP contribution in [-0.2, 0) is 28.9 Å². The van der Waals surface area contributed by atoms with Gasteiger partial charge < -0.3 is 15.2 Å². The lowest BCUT2D eigenvalue weighted by molar-refractivity contribution is 0.0651. The molecule has 1 aromatic heterocycles. The maximum absolute atomic E-state index is 6.03. The number of anilines is 1. The van der Waals surface area contributed by atoms with Crippen LogP contribution in [0, 0.1) is 0 Å². The molecule has 0 saturated heterocycles. The first-order valence-corrected chi connectivity index (χ1v) is 6.15. The third-order valence-corrected chi connectivity index (χ3v) is 2.72. The summed E-state index contributed by atoms with van der Waals surface area (Å²) in [6.45, 7) is 6.79. The number of nitrogens with zero attached hydrogens (tertiary/aromatic N) is 2. The lowest BCUT2D eigenvalue weighted by atomic mass is 10.2. The fraction of sp³-hybridized carbons (Fsp3) is 0.750. The van der Waals surface area contributed by atoms with E-state index in [1.165, 1.54) is 0 Å². The minimum Gasteiger partial charge on any atom is -0.396 e. The van der Waals surface area contributed by atoms with Gasteiger partial charge in [-0.2, -0.15) is 5.10 Å². The summed E-state index contributed by atoms with van der Waals surface area (Å²) in [7, 11) is 1.67. The quantitative estimate of drug-likeness (QED) is 0.696. The molecule has 5 heteroatoms. The highest BCUT2D eigenvalue weighted by Gasteiger charge is 2.11. The predicted octanol–water partition coefficient (Wildman–Crippen LogP) is 1.25. The highest BCUT2D eigenvalue weighted by Crippen LogP contribution is 2.18. The Labute approximate surface area is 103 Å². The zero-order chi connectivity index (χ0) is 12.7. The lowest BCUT2D eigenvalue weighted by Gasteiger charge is -2.07. The van der Waals surface area contributed by atoms with Crippen LogP contribution in [0.15, 0.2) is 0 Å². The maximum atomic E-state index is 6.03. The minimum atomic E-state index is 0.620. The Morgan fingerprint density at radius 2 is 1.94 bits per heavy atom. The zero-order valence-electron chi connectivity index (χ0n) is 11.0. The van der Waals surface area contributed by atoms with Crippen LogP contribution in [0.2, 0.25) is 0 Å². The number of nitrogens with two attached hydrogens (primary N) is 1. The Morgan fingerprint density at radius 1 is 1.18 bits per heavy atom. The second kappa shape index (κ2) is 7.29. The summed E-state index contributed by atoms with van der Waals surface area (Å²) in [5.41, 5.74) is 8.97. The van der Waals surface area contributed by atoms with Crippen molar-refractivity contribution in [2.45, 2.75) is 33.2 Å². The molecule has 0 spiro atoms. The number of hydrogen-bond acceptors (Lipinski definition) is 4. The minimum absolute atomic E-state index is 0.620. The molecular formula is C12H23N3O2. The molecule has 17 heavy (non-hydrogen) atoms. The fourth-order valence-corrected chi connectivity index (χ4v) is 1.78. The number of rotatable bonds is 8. The van der Waals surface area contributed by atoms with Crippen molar-refractivity contribution < 1.29 is 9.47 Å². The summed E-state index contributed by atoms with van der Waals surface area (Å²) < 4.78 is 12.3. The summed E-state index contributed by atoms with van der Waals surface area (Å²) >= 11 is 0. The fourth-order valence-electron chi connectivity index (χ4n) is 1.78. The van der Waals surface area contributed by atoms with E-state index in [2.05, 4.69) is 18.9 Å². The van der Waals surface area contributed by atoms with E-state index in [0.29, 0.717) is 19.8 Å². The van der Waals surface area contributed by atoms with Gasteiger partial charge in [0.25, 0.3) is 0 Å². The monoisotopic (exact) mass is 241 g/mol. The number of ether oxygens (including phenoxy) is 2. The van der Waals surface area contributed by atoms with E-state index in [4.69, 9.17) is 15.2 Å². The van der Waals surface area contributed by atoms with Gasteiger partial charge in [0, 0.05) is 7.11 Å². The van der Waals surface area contributed by atoms with Gasteiger partial charge in [-0.05, 0) is 12.8 Å².